The molecule has 0 aliphatic rings. The molecule has 3 aromatic rings. The van der Waals surface area contributed by atoms with Crippen LogP contribution in [-0.4, -0.2) is 29.7 Å². The minimum Gasteiger partial charge on any atom is -0.493 e. The summed E-state index contributed by atoms with van der Waals surface area (Å²) >= 11 is 5.96. The Balaban J connectivity index is 2.02. The lowest BCUT2D eigenvalue weighted by molar-refractivity contribution is 0.101. The second kappa shape index (κ2) is 6.60. The molecule has 2 aromatic carbocycles. The number of carbonyl (C=O) groups excluding carboxylic acids is 1. The second-order valence-electron chi connectivity index (χ2n) is 5.24. The summed E-state index contributed by atoms with van der Waals surface area (Å²) in [6, 6.07) is 7.72. The van der Waals surface area contributed by atoms with Crippen molar-refractivity contribution in [2.75, 3.05) is 19.5 Å². The van der Waals surface area contributed by atoms with Crippen LogP contribution in [0.15, 0.2) is 30.3 Å². The number of hydrogen-bond donors (Lipinski definition) is 1. The quantitative estimate of drug-likeness (QED) is 0.768. The highest BCUT2D eigenvalue weighted by Gasteiger charge is 2.23. The van der Waals surface area contributed by atoms with E-state index in [1.165, 1.54) is 20.3 Å². The minimum absolute atomic E-state index is 0.0156. The molecule has 0 radical (unpaired) electrons. The van der Waals surface area contributed by atoms with Gasteiger partial charge in [-0.15, -0.1) is 0 Å². The molecule has 130 valence electrons. The van der Waals surface area contributed by atoms with E-state index in [1.807, 2.05) is 0 Å². The fourth-order valence-corrected chi connectivity index (χ4v) is 2.73. The lowest BCUT2D eigenvalue weighted by Gasteiger charge is -2.13. The highest BCUT2D eigenvalue weighted by atomic mass is 35.5. The molecule has 3 rings (SSSR count). The van der Waals surface area contributed by atoms with Crippen molar-refractivity contribution in [2.45, 2.75) is 0 Å². The first kappa shape index (κ1) is 17.0. The fraction of sp³-hybridized carbons (Fsp3) is 0.176. The molecule has 0 fully saturated rings. The van der Waals surface area contributed by atoms with E-state index in [1.54, 1.807) is 29.8 Å². The van der Waals surface area contributed by atoms with Gasteiger partial charge < -0.3 is 14.0 Å². The number of aryl methyl sites for hydroxylation is 1. The Morgan fingerprint density at radius 2 is 2.00 bits per heavy atom. The van der Waals surface area contributed by atoms with Crippen molar-refractivity contribution in [2.24, 2.45) is 7.05 Å². The third-order valence-electron chi connectivity index (χ3n) is 3.79. The Kier molecular flexibility index (Phi) is 4.50. The summed E-state index contributed by atoms with van der Waals surface area (Å²) in [7, 11) is 4.48. The smallest absolute Gasteiger partial charge is 0.264 e. The van der Waals surface area contributed by atoms with Gasteiger partial charge in [-0.25, -0.2) is 9.37 Å². The second-order valence-corrected chi connectivity index (χ2v) is 5.68. The number of aromatic nitrogens is 2. The SMILES string of the molecule is COc1ccc(F)c(C(=O)Nc2nc3cc(Cl)ccc3n2C)c1OC. The average molecular weight is 364 g/mol. The van der Waals surface area contributed by atoms with Gasteiger partial charge in [0, 0.05) is 12.1 Å². The highest BCUT2D eigenvalue weighted by molar-refractivity contribution is 6.31. The number of halogens is 2. The van der Waals surface area contributed by atoms with E-state index in [9.17, 15) is 9.18 Å². The monoisotopic (exact) mass is 363 g/mol. The lowest BCUT2D eigenvalue weighted by Crippen LogP contribution is -2.18. The van der Waals surface area contributed by atoms with Crippen LogP contribution in [0.2, 0.25) is 5.02 Å². The average Bonchev–Trinajstić information content (AvgIpc) is 2.89. The molecule has 0 aliphatic heterocycles. The van der Waals surface area contributed by atoms with Crippen molar-refractivity contribution in [3.05, 3.63) is 46.7 Å². The number of nitrogens with one attached hydrogen (secondary N) is 1. The number of hydrogen-bond acceptors (Lipinski definition) is 4. The normalized spacial score (nSPS) is 10.8. The maximum Gasteiger partial charge on any atom is 0.264 e. The number of nitrogens with zero attached hydrogens (tertiary/aromatic N) is 2. The van der Waals surface area contributed by atoms with Gasteiger partial charge in [-0.1, -0.05) is 11.6 Å². The molecular weight excluding hydrogens is 349 g/mol. The number of benzene rings is 2. The maximum absolute atomic E-state index is 14.2. The predicted molar refractivity (Wildman–Crippen MR) is 93.2 cm³/mol. The van der Waals surface area contributed by atoms with Crippen molar-refractivity contribution in [1.29, 1.82) is 0 Å². The van der Waals surface area contributed by atoms with Crippen LogP contribution in [0.25, 0.3) is 11.0 Å². The number of rotatable bonds is 4. The van der Waals surface area contributed by atoms with E-state index in [0.29, 0.717) is 10.5 Å². The van der Waals surface area contributed by atoms with Crippen LogP contribution in [0.5, 0.6) is 11.5 Å². The summed E-state index contributed by atoms with van der Waals surface area (Å²) in [6.45, 7) is 0. The van der Waals surface area contributed by atoms with Crippen LogP contribution >= 0.6 is 11.6 Å². The molecule has 0 aliphatic carbocycles. The molecule has 1 N–H and O–H groups in total. The standard InChI is InChI=1S/C17H15ClFN3O3/c1-22-12-6-4-9(18)8-11(12)20-17(22)21-16(23)14-10(19)5-7-13(24-2)15(14)25-3/h4-8H,1-3H3,(H,20,21,23). The molecule has 1 heterocycles. The molecule has 0 spiro atoms. The summed E-state index contributed by atoms with van der Waals surface area (Å²) in [5.41, 5.74) is 1.13. The van der Waals surface area contributed by atoms with Gasteiger partial charge in [-0.05, 0) is 30.3 Å². The molecule has 25 heavy (non-hydrogen) atoms. The number of anilines is 1. The summed E-state index contributed by atoms with van der Waals surface area (Å²) in [6.07, 6.45) is 0. The van der Waals surface area contributed by atoms with Crippen molar-refractivity contribution in [3.8, 4) is 11.5 Å². The predicted octanol–water partition coefficient (Wildman–Crippen LogP) is 3.64. The van der Waals surface area contributed by atoms with Gasteiger partial charge in [0.05, 0.1) is 25.3 Å². The Hall–Kier alpha value is -2.80. The summed E-state index contributed by atoms with van der Waals surface area (Å²) in [5, 5.41) is 3.13. The Morgan fingerprint density at radius 3 is 2.68 bits per heavy atom. The molecule has 0 saturated heterocycles. The number of imidazole rings is 1. The molecular formula is C17H15ClFN3O3. The Bertz CT molecular complexity index is 971. The third-order valence-corrected chi connectivity index (χ3v) is 4.03. The molecule has 0 bridgehead atoms. The van der Waals surface area contributed by atoms with Gasteiger partial charge in [0.25, 0.3) is 5.91 Å². The van der Waals surface area contributed by atoms with E-state index in [0.717, 1.165) is 11.6 Å². The van der Waals surface area contributed by atoms with E-state index in [2.05, 4.69) is 10.3 Å². The van der Waals surface area contributed by atoms with Gasteiger partial charge in [0.2, 0.25) is 5.95 Å². The van der Waals surface area contributed by atoms with Crippen molar-refractivity contribution >= 4 is 34.5 Å². The molecule has 8 heteroatoms. The van der Waals surface area contributed by atoms with Crippen LogP contribution in [0.4, 0.5) is 10.3 Å². The number of methoxy groups -OCH3 is 2. The zero-order valence-electron chi connectivity index (χ0n) is 13.8. The molecule has 1 aromatic heterocycles. The largest absolute Gasteiger partial charge is 0.493 e. The zero-order valence-corrected chi connectivity index (χ0v) is 14.5. The van der Waals surface area contributed by atoms with E-state index in [-0.39, 0.29) is 23.0 Å². The number of ether oxygens (including phenoxy) is 2. The molecule has 6 nitrogen and oxygen atoms in total. The van der Waals surface area contributed by atoms with Gasteiger partial charge in [0.15, 0.2) is 11.5 Å². The number of fused-ring (bicyclic) bond motifs is 1. The van der Waals surface area contributed by atoms with Gasteiger partial charge >= 0.3 is 0 Å². The first-order valence-corrected chi connectivity index (χ1v) is 7.68. The van der Waals surface area contributed by atoms with Crippen LogP contribution in [0.1, 0.15) is 10.4 Å². The summed E-state index contributed by atoms with van der Waals surface area (Å²) < 4.78 is 26.1. The summed E-state index contributed by atoms with van der Waals surface area (Å²) in [5.74, 6) is -0.895. The Morgan fingerprint density at radius 1 is 1.24 bits per heavy atom. The lowest BCUT2D eigenvalue weighted by atomic mass is 10.1. The van der Waals surface area contributed by atoms with Gasteiger partial charge in [0.1, 0.15) is 11.4 Å². The van der Waals surface area contributed by atoms with E-state index in [4.69, 9.17) is 21.1 Å². The maximum atomic E-state index is 14.2. The summed E-state index contributed by atoms with van der Waals surface area (Å²) in [4.78, 5) is 16.9. The molecule has 0 atom stereocenters. The molecule has 0 saturated carbocycles. The van der Waals surface area contributed by atoms with Crippen molar-refractivity contribution in [1.82, 2.24) is 9.55 Å². The van der Waals surface area contributed by atoms with E-state index < -0.39 is 11.7 Å². The zero-order chi connectivity index (χ0) is 18.1. The van der Waals surface area contributed by atoms with Crippen LogP contribution < -0.4 is 14.8 Å². The van der Waals surface area contributed by atoms with Crippen molar-refractivity contribution in [3.63, 3.8) is 0 Å². The van der Waals surface area contributed by atoms with Crippen LogP contribution in [0.3, 0.4) is 0 Å². The van der Waals surface area contributed by atoms with Gasteiger partial charge in [-0.2, -0.15) is 0 Å². The third kappa shape index (κ3) is 2.98. The van der Waals surface area contributed by atoms with Gasteiger partial charge in [-0.3, -0.25) is 10.1 Å². The molecule has 1 amide bonds. The first-order chi connectivity index (χ1) is 12.0. The number of carbonyl (C=O) groups is 1. The number of amides is 1. The van der Waals surface area contributed by atoms with Crippen LogP contribution in [0, 0.1) is 5.82 Å². The Labute approximate surface area is 148 Å². The van der Waals surface area contributed by atoms with Crippen molar-refractivity contribution < 1.29 is 18.7 Å². The fourth-order valence-electron chi connectivity index (χ4n) is 2.56. The minimum atomic E-state index is -0.725. The first-order valence-electron chi connectivity index (χ1n) is 7.30. The topological polar surface area (TPSA) is 65.4 Å². The highest BCUT2D eigenvalue weighted by Crippen LogP contribution is 2.33. The van der Waals surface area contributed by atoms with E-state index >= 15 is 0 Å². The molecule has 0 unspecified atom stereocenters. The van der Waals surface area contributed by atoms with Crippen LogP contribution in [-0.2, 0) is 7.05 Å².